The molecule has 2 N–H and O–H groups in total. The van der Waals surface area contributed by atoms with E-state index in [1.54, 1.807) is 6.92 Å². The van der Waals surface area contributed by atoms with Gasteiger partial charge in [-0.2, -0.15) is 0 Å². The highest BCUT2D eigenvalue weighted by Gasteiger charge is 2.12. The summed E-state index contributed by atoms with van der Waals surface area (Å²) in [6, 6.07) is -0.892. The normalized spacial score (nSPS) is 11.2. The number of amides is 2. The van der Waals surface area contributed by atoms with Crippen molar-refractivity contribution in [2.45, 2.75) is 13.0 Å². The molecule has 0 aliphatic rings. The van der Waals surface area contributed by atoms with Crippen LogP contribution in [-0.2, 0) is 4.79 Å². The zero-order valence-electron chi connectivity index (χ0n) is 7.57. The highest BCUT2D eigenvalue weighted by atomic mass is 16.4. The maximum Gasteiger partial charge on any atom is 0.323 e. The monoisotopic (exact) mass is 184 g/mol. The van der Waals surface area contributed by atoms with Crippen LogP contribution in [0.3, 0.4) is 0 Å². The third kappa shape index (κ3) is 4.69. The predicted octanol–water partition coefficient (Wildman–Crippen LogP) is -0.266. The number of carbonyl (C=O) groups is 2. The second-order valence-corrected chi connectivity index (χ2v) is 2.59. The molecular weight excluding hydrogens is 172 g/mol. The van der Waals surface area contributed by atoms with Crippen LogP contribution in [0.4, 0.5) is 4.79 Å². The van der Waals surface area contributed by atoms with E-state index in [9.17, 15) is 9.59 Å². The molecule has 13 heavy (non-hydrogen) atoms. The maximum absolute atomic E-state index is 11.1. The number of hydrogen-bond donors (Lipinski definition) is 2. The summed E-state index contributed by atoms with van der Waals surface area (Å²) in [6.07, 6.45) is 5.02. The Hall–Kier alpha value is -1.70. The zero-order chi connectivity index (χ0) is 10.4. The number of nitrogens with one attached hydrogen (secondary N) is 1. The van der Waals surface area contributed by atoms with Gasteiger partial charge in [0.15, 0.2) is 0 Å². The van der Waals surface area contributed by atoms with Crippen LogP contribution in [0.25, 0.3) is 0 Å². The van der Waals surface area contributed by atoms with Crippen molar-refractivity contribution in [3.05, 3.63) is 0 Å². The van der Waals surface area contributed by atoms with Gasteiger partial charge in [0.2, 0.25) is 0 Å². The van der Waals surface area contributed by atoms with E-state index < -0.39 is 18.0 Å². The Balaban J connectivity index is 3.98. The lowest BCUT2D eigenvalue weighted by Gasteiger charge is -2.16. The van der Waals surface area contributed by atoms with Crippen molar-refractivity contribution in [3.63, 3.8) is 0 Å². The lowest BCUT2D eigenvalue weighted by molar-refractivity contribution is -0.137. The van der Waals surface area contributed by atoms with Gasteiger partial charge in [-0.05, 0) is 6.92 Å². The molecule has 5 nitrogen and oxygen atoms in total. The van der Waals surface area contributed by atoms with Crippen LogP contribution >= 0.6 is 0 Å². The van der Waals surface area contributed by atoms with Crippen LogP contribution in [0.5, 0.6) is 0 Å². The van der Waals surface area contributed by atoms with Crippen molar-refractivity contribution in [1.29, 1.82) is 0 Å². The van der Waals surface area contributed by atoms with Crippen molar-refractivity contribution in [2.24, 2.45) is 0 Å². The molecule has 0 fully saturated rings. The molecule has 1 atom stereocenters. The zero-order valence-corrected chi connectivity index (χ0v) is 7.57. The topological polar surface area (TPSA) is 69.6 Å². The predicted molar refractivity (Wildman–Crippen MR) is 47.1 cm³/mol. The summed E-state index contributed by atoms with van der Waals surface area (Å²) in [4.78, 5) is 22.3. The number of carbonyl (C=O) groups excluding carboxylic acids is 1. The standard InChI is InChI=1S/C8H12N2O3/c1-4-6(2)9-8(13)10(3)5-7(11)12/h1,6H,5H2,2-3H3,(H,9,13)(H,11,12). The molecule has 0 aliphatic heterocycles. The van der Waals surface area contributed by atoms with Gasteiger partial charge in [0.05, 0.1) is 6.04 Å². The number of likely N-dealkylation sites (N-methyl/N-ethyl adjacent to an activating group) is 1. The Morgan fingerprint density at radius 2 is 2.23 bits per heavy atom. The Labute approximate surface area is 76.7 Å². The fraction of sp³-hybridized carbons (Fsp3) is 0.500. The molecule has 0 saturated carbocycles. The lowest BCUT2D eigenvalue weighted by Crippen LogP contribution is -2.43. The molecule has 0 rings (SSSR count). The molecule has 0 spiro atoms. The molecule has 0 radical (unpaired) electrons. The highest BCUT2D eigenvalue weighted by molar-refractivity contribution is 5.80. The SMILES string of the molecule is C#CC(C)NC(=O)N(C)CC(=O)O. The largest absolute Gasteiger partial charge is 0.480 e. The van der Waals surface area contributed by atoms with E-state index in [1.165, 1.54) is 7.05 Å². The number of nitrogens with zero attached hydrogens (tertiary/aromatic N) is 1. The molecule has 0 aliphatic carbocycles. The average molecular weight is 184 g/mol. The average Bonchev–Trinajstić information content (AvgIpc) is 2.02. The molecule has 2 amide bonds. The van der Waals surface area contributed by atoms with Crippen LogP contribution < -0.4 is 5.32 Å². The quantitative estimate of drug-likeness (QED) is 0.593. The second kappa shape index (κ2) is 5.04. The summed E-state index contributed by atoms with van der Waals surface area (Å²) in [7, 11) is 1.38. The molecular formula is C8H12N2O3. The number of carboxylic acids is 1. The van der Waals surface area contributed by atoms with Crippen LogP contribution in [-0.4, -0.2) is 41.6 Å². The van der Waals surface area contributed by atoms with Gasteiger partial charge in [-0.25, -0.2) is 4.79 Å². The first-order valence-electron chi connectivity index (χ1n) is 3.67. The first-order chi connectivity index (χ1) is 5.97. The first kappa shape index (κ1) is 11.3. The van der Waals surface area contributed by atoms with Crippen molar-refractivity contribution < 1.29 is 14.7 Å². The Bertz CT molecular complexity index is 244. The minimum absolute atomic E-state index is 0.344. The Morgan fingerprint density at radius 3 is 2.62 bits per heavy atom. The summed E-state index contributed by atoms with van der Waals surface area (Å²) in [5.41, 5.74) is 0. The van der Waals surface area contributed by atoms with E-state index in [0.29, 0.717) is 0 Å². The summed E-state index contributed by atoms with van der Waals surface area (Å²) in [6.45, 7) is 1.29. The molecule has 0 heterocycles. The molecule has 1 unspecified atom stereocenters. The highest BCUT2D eigenvalue weighted by Crippen LogP contribution is 1.86. The van der Waals surface area contributed by atoms with Gasteiger partial charge in [0.1, 0.15) is 6.54 Å². The third-order valence-corrected chi connectivity index (χ3v) is 1.31. The third-order valence-electron chi connectivity index (χ3n) is 1.31. The van der Waals surface area contributed by atoms with E-state index in [0.717, 1.165) is 4.90 Å². The van der Waals surface area contributed by atoms with Gasteiger partial charge in [0, 0.05) is 7.05 Å². The number of carboxylic acid groups (broad SMARTS) is 1. The van der Waals surface area contributed by atoms with E-state index >= 15 is 0 Å². The molecule has 0 aromatic heterocycles. The van der Waals surface area contributed by atoms with Gasteiger partial charge in [-0.1, -0.05) is 5.92 Å². The first-order valence-corrected chi connectivity index (χ1v) is 3.67. The van der Waals surface area contributed by atoms with Crippen molar-refractivity contribution in [3.8, 4) is 12.3 Å². The summed E-state index contributed by atoms with van der Waals surface area (Å²) < 4.78 is 0. The number of hydrogen-bond acceptors (Lipinski definition) is 2. The van der Waals surface area contributed by atoms with Crippen LogP contribution in [0, 0.1) is 12.3 Å². The van der Waals surface area contributed by atoms with E-state index in [4.69, 9.17) is 11.5 Å². The van der Waals surface area contributed by atoms with E-state index in [-0.39, 0.29) is 6.54 Å². The maximum atomic E-state index is 11.1. The van der Waals surface area contributed by atoms with Gasteiger partial charge >= 0.3 is 12.0 Å². The van der Waals surface area contributed by atoms with E-state index in [2.05, 4.69) is 11.2 Å². The van der Waals surface area contributed by atoms with Crippen molar-refractivity contribution in [1.82, 2.24) is 10.2 Å². The van der Waals surface area contributed by atoms with E-state index in [1.807, 2.05) is 0 Å². The second-order valence-electron chi connectivity index (χ2n) is 2.59. The lowest BCUT2D eigenvalue weighted by atomic mass is 10.4. The minimum atomic E-state index is -1.06. The number of aliphatic carboxylic acids is 1. The van der Waals surface area contributed by atoms with Crippen LogP contribution in [0.2, 0.25) is 0 Å². The van der Waals surface area contributed by atoms with Crippen LogP contribution in [0.15, 0.2) is 0 Å². The number of urea groups is 1. The molecule has 0 saturated heterocycles. The summed E-state index contributed by atoms with van der Waals surface area (Å²) in [5, 5.41) is 10.8. The van der Waals surface area contributed by atoms with Gasteiger partial charge in [-0.3, -0.25) is 4.79 Å². The fourth-order valence-electron chi connectivity index (χ4n) is 0.612. The molecule has 0 bridgehead atoms. The fourth-order valence-corrected chi connectivity index (χ4v) is 0.612. The molecule has 5 heteroatoms. The van der Waals surface area contributed by atoms with Gasteiger partial charge in [0.25, 0.3) is 0 Å². The van der Waals surface area contributed by atoms with Crippen molar-refractivity contribution in [2.75, 3.05) is 13.6 Å². The van der Waals surface area contributed by atoms with Crippen LogP contribution in [0.1, 0.15) is 6.92 Å². The summed E-state index contributed by atoms with van der Waals surface area (Å²) >= 11 is 0. The smallest absolute Gasteiger partial charge is 0.323 e. The summed E-state index contributed by atoms with van der Waals surface area (Å²) in [5.74, 6) is 1.23. The Morgan fingerprint density at radius 1 is 1.69 bits per heavy atom. The number of terminal acetylenes is 1. The number of rotatable bonds is 3. The van der Waals surface area contributed by atoms with Crippen molar-refractivity contribution >= 4 is 12.0 Å². The molecule has 72 valence electrons. The molecule has 0 aromatic carbocycles. The Kier molecular flexibility index (Phi) is 4.38. The minimum Gasteiger partial charge on any atom is -0.480 e. The van der Waals surface area contributed by atoms with Gasteiger partial charge < -0.3 is 15.3 Å². The van der Waals surface area contributed by atoms with Gasteiger partial charge in [-0.15, -0.1) is 6.42 Å². The molecule has 0 aromatic rings.